The third kappa shape index (κ3) is 2.90. The van der Waals surface area contributed by atoms with Gasteiger partial charge in [-0.1, -0.05) is 0 Å². The molecule has 2 N–H and O–H groups in total. The molecule has 0 spiro atoms. The van der Waals surface area contributed by atoms with Crippen molar-refractivity contribution in [1.29, 1.82) is 0 Å². The minimum atomic E-state index is 0.746. The Morgan fingerprint density at radius 2 is 2.18 bits per heavy atom. The number of ether oxygens (including phenoxy) is 1. The first-order valence-electron chi connectivity index (χ1n) is 5.49. The van der Waals surface area contributed by atoms with Gasteiger partial charge in [-0.15, -0.1) is 11.8 Å². The first kappa shape index (κ1) is 12.2. The molecule has 0 radical (unpaired) electrons. The van der Waals surface area contributed by atoms with Crippen LogP contribution in [0.15, 0.2) is 29.2 Å². The average molecular weight is 248 g/mol. The highest BCUT2D eigenvalue weighted by Gasteiger charge is 2.05. The van der Waals surface area contributed by atoms with Gasteiger partial charge in [0.05, 0.1) is 12.1 Å². The molecule has 2 rings (SSSR count). The normalized spacial score (nSPS) is 10.9. The van der Waals surface area contributed by atoms with Gasteiger partial charge in [0.1, 0.15) is 0 Å². The summed E-state index contributed by atoms with van der Waals surface area (Å²) in [7, 11) is 1.72. The van der Waals surface area contributed by atoms with Crippen LogP contribution < -0.4 is 5.73 Å². The Kier molecular flexibility index (Phi) is 3.86. The van der Waals surface area contributed by atoms with E-state index in [1.807, 2.05) is 25.1 Å². The van der Waals surface area contributed by atoms with Crippen molar-refractivity contribution in [3.63, 3.8) is 0 Å². The summed E-state index contributed by atoms with van der Waals surface area (Å²) in [4.78, 5) is 5.72. The topological polar surface area (TPSA) is 48.1 Å². The number of aryl methyl sites for hydroxylation is 1. The smallest absolute Gasteiger partial charge is 0.0717 e. The van der Waals surface area contributed by atoms with E-state index < -0.39 is 0 Å². The number of benzene rings is 1. The number of anilines is 1. The van der Waals surface area contributed by atoms with Crippen LogP contribution >= 0.6 is 11.8 Å². The number of fused-ring (bicyclic) bond motifs is 1. The van der Waals surface area contributed by atoms with Gasteiger partial charge in [-0.25, -0.2) is 0 Å². The molecule has 0 aliphatic carbocycles. The van der Waals surface area contributed by atoms with Crippen molar-refractivity contribution < 1.29 is 4.74 Å². The molecule has 90 valence electrons. The van der Waals surface area contributed by atoms with Crippen LogP contribution in [0.2, 0.25) is 0 Å². The van der Waals surface area contributed by atoms with Crippen LogP contribution in [-0.4, -0.2) is 24.5 Å². The van der Waals surface area contributed by atoms with Gasteiger partial charge < -0.3 is 10.5 Å². The number of rotatable bonds is 4. The molecule has 1 heterocycles. The molecule has 1 aromatic carbocycles. The zero-order valence-corrected chi connectivity index (χ0v) is 10.9. The van der Waals surface area contributed by atoms with Gasteiger partial charge in [-0.3, -0.25) is 4.98 Å². The van der Waals surface area contributed by atoms with E-state index in [0.29, 0.717) is 0 Å². The monoisotopic (exact) mass is 248 g/mol. The zero-order chi connectivity index (χ0) is 12.3. The van der Waals surface area contributed by atoms with Gasteiger partial charge in [0, 0.05) is 34.5 Å². The van der Waals surface area contributed by atoms with E-state index in [4.69, 9.17) is 10.5 Å². The second-order valence-corrected chi connectivity index (χ2v) is 5.02. The second kappa shape index (κ2) is 5.38. The Morgan fingerprint density at radius 3 is 2.94 bits per heavy atom. The van der Waals surface area contributed by atoms with Gasteiger partial charge in [0.15, 0.2) is 0 Å². The first-order chi connectivity index (χ1) is 8.20. The van der Waals surface area contributed by atoms with E-state index in [-0.39, 0.29) is 0 Å². The van der Waals surface area contributed by atoms with Gasteiger partial charge >= 0.3 is 0 Å². The minimum Gasteiger partial charge on any atom is -0.399 e. The van der Waals surface area contributed by atoms with E-state index in [1.54, 1.807) is 18.9 Å². The van der Waals surface area contributed by atoms with E-state index in [1.165, 1.54) is 4.90 Å². The molecule has 3 nitrogen and oxygen atoms in total. The number of thioether (sulfide) groups is 1. The quantitative estimate of drug-likeness (QED) is 0.513. The summed E-state index contributed by atoms with van der Waals surface area (Å²) in [5, 5.41) is 1.12. The molecule has 2 aromatic rings. The molecular formula is C13H16N2OS. The minimum absolute atomic E-state index is 0.746. The Balaban J connectivity index is 2.40. The molecule has 0 aliphatic rings. The number of nitrogens with zero attached hydrogens (tertiary/aromatic N) is 1. The molecule has 0 bridgehead atoms. The van der Waals surface area contributed by atoms with Gasteiger partial charge in [0.2, 0.25) is 0 Å². The number of pyridine rings is 1. The molecule has 1 aromatic heterocycles. The number of nitrogens with two attached hydrogens (primary N) is 1. The molecule has 0 fully saturated rings. The molecule has 17 heavy (non-hydrogen) atoms. The highest BCUT2D eigenvalue weighted by molar-refractivity contribution is 7.99. The Morgan fingerprint density at radius 1 is 1.35 bits per heavy atom. The number of methoxy groups -OCH3 is 1. The Bertz CT molecular complexity index is 528. The molecule has 4 heteroatoms. The summed E-state index contributed by atoms with van der Waals surface area (Å²) in [5.41, 5.74) is 8.63. The molecule has 0 saturated carbocycles. The van der Waals surface area contributed by atoms with Gasteiger partial charge in [0.25, 0.3) is 0 Å². The summed E-state index contributed by atoms with van der Waals surface area (Å²) in [6.45, 7) is 2.76. The van der Waals surface area contributed by atoms with Crippen molar-refractivity contribution in [3.8, 4) is 0 Å². The summed E-state index contributed by atoms with van der Waals surface area (Å²) in [6, 6.07) is 7.94. The fraction of sp³-hybridized carbons (Fsp3) is 0.308. The fourth-order valence-electron chi connectivity index (χ4n) is 1.69. The average Bonchev–Trinajstić information content (AvgIpc) is 2.30. The summed E-state index contributed by atoms with van der Waals surface area (Å²) >= 11 is 1.78. The maximum atomic E-state index is 5.82. The van der Waals surface area contributed by atoms with Crippen LogP contribution in [0, 0.1) is 6.92 Å². The van der Waals surface area contributed by atoms with Crippen molar-refractivity contribution in [2.75, 3.05) is 25.2 Å². The molecule has 0 aliphatic heterocycles. The van der Waals surface area contributed by atoms with Crippen LogP contribution in [0.5, 0.6) is 0 Å². The van der Waals surface area contributed by atoms with Crippen molar-refractivity contribution >= 4 is 28.4 Å². The van der Waals surface area contributed by atoms with Crippen LogP contribution in [-0.2, 0) is 4.74 Å². The third-order valence-electron chi connectivity index (χ3n) is 2.47. The molecule has 0 unspecified atom stereocenters. The van der Waals surface area contributed by atoms with Crippen LogP contribution in [0.1, 0.15) is 5.69 Å². The predicted octanol–water partition coefficient (Wildman–Crippen LogP) is 2.86. The zero-order valence-electron chi connectivity index (χ0n) is 10.1. The lowest BCUT2D eigenvalue weighted by molar-refractivity contribution is 0.218. The second-order valence-electron chi connectivity index (χ2n) is 3.88. The van der Waals surface area contributed by atoms with Crippen LogP contribution in [0.4, 0.5) is 5.69 Å². The number of hydrogen-bond donors (Lipinski definition) is 1. The number of hydrogen-bond acceptors (Lipinski definition) is 4. The summed E-state index contributed by atoms with van der Waals surface area (Å²) in [5.74, 6) is 0.934. The highest BCUT2D eigenvalue weighted by atomic mass is 32.2. The van der Waals surface area contributed by atoms with Crippen LogP contribution in [0.25, 0.3) is 10.9 Å². The summed E-state index contributed by atoms with van der Waals surface area (Å²) < 4.78 is 5.07. The number of nitrogen functional groups attached to an aromatic ring is 1. The lowest BCUT2D eigenvalue weighted by atomic mass is 10.2. The van der Waals surface area contributed by atoms with E-state index in [2.05, 4.69) is 11.1 Å². The fourth-order valence-corrected chi connectivity index (χ4v) is 2.74. The highest BCUT2D eigenvalue weighted by Crippen LogP contribution is 2.29. The van der Waals surface area contributed by atoms with Gasteiger partial charge in [-0.2, -0.15) is 0 Å². The molecular weight excluding hydrogens is 232 g/mol. The van der Waals surface area contributed by atoms with Gasteiger partial charge in [-0.05, 0) is 31.2 Å². The van der Waals surface area contributed by atoms with Crippen molar-refractivity contribution in [1.82, 2.24) is 4.98 Å². The lowest BCUT2D eigenvalue weighted by Gasteiger charge is -2.08. The predicted molar refractivity (Wildman–Crippen MR) is 73.5 cm³/mol. The summed E-state index contributed by atoms with van der Waals surface area (Å²) in [6.07, 6.45) is 0. The molecule has 0 saturated heterocycles. The molecule has 0 atom stereocenters. The largest absolute Gasteiger partial charge is 0.399 e. The Labute approximate surface area is 105 Å². The van der Waals surface area contributed by atoms with Crippen molar-refractivity contribution in [2.24, 2.45) is 0 Å². The van der Waals surface area contributed by atoms with Crippen molar-refractivity contribution in [3.05, 3.63) is 30.0 Å². The standard InChI is InChI=1S/C13H16N2OS/c1-9-7-13(17-6-5-16-2)11-8-10(14)3-4-12(11)15-9/h3-4,7-8H,5-6,14H2,1-2H3. The van der Waals surface area contributed by atoms with Crippen LogP contribution in [0.3, 0.4) is 0 Å². The number of aromatic nitrogens is 1. The van der Waals surface area contributed by atoms with E-state index in [0.717, 1.165) is 34.6 Å². The maximum Gasteiger partial charge on any atom is 0.0717 e. The molecule has 0 amide bonds. The van der Waals surface area contributed by atoms with E-state index >= 15 is 0 Å². The first-order valence-corrected chi connectivity index (χ1v) is 6.48. The Hall–Kier alpha value is -1.26. The maximum absolute atomic E-state index is 5.82. The SMILES string of the molecule is COCCSc1cc(C)nc2ccc(N)cc12. The van der Waals surface area contributed by atoms with E-state index in [9.17, 15) is 0 Å². The van der Waals surface area contributed by atoms with Crippen molar-refractivity contribution in [2.45, 2.75) is 11.8 Å². The third-order valence-corrected chi connectivity index (χ3v) is 3.49. The lowest BCUT2D eigenvalue weighted by Crippen LogP contribution is -1.94.